The average molecular weight is 530 g/mol. The number of carbonyl (C=O) groups excluding carboxylic acids is 2. The molecule has 2 amide bonds. The number of benzene rings is 2. The van der Waals surface area contributed by atoms with Gasteiger partial charge in [0.25, 0.3) is 11.8 Å². The van der Waals surface area contributed by atoms with Gasteiger partial charge in [-0.2, -0.15) is 0 Å². The number of ether oxygens (including phenoxy) is 2. The molecule has 0 spiro atoms. The number of anilines is 1. The van der Waals surface area contributed by atoms with Gasteiger partial charge in [0.1, 0.15) is 18.2 Å². The number of hydrogen-bond acceptors (Lipinski definition) is 7. The maximum absolute atomic E-state index is 13.3. The molecule has 2 N–H and O–H groups in total. The SMILES string of the molecule is O=C(Nc1sc2c(c1C(=O)NCCc1ccccc1)CCCC2)c1cc(-c2ccc3c(c2)OCCO3)on1. The molecule has 0 fully saturated rings. The third-order valence-corrected chi connectivity index (χ3v) is 7.94. The van der Waals surface area contributed by atoms with E-state index in [-0.39, 0.29) is 11.6 Å². The molecular formula is C29H27N3O5S. The molecule has 2 aliphatic rings. The molecule has 8 nitrogen and oxygen atoms in total. The lowest BCUT2D eigenvalue weighted by Gasteiger charge is -2.18. The zero-order valence-electron chi connectivity index (χ0n) is 20.7. The van der Waals surface area contributed by atoms with E-state index in [2.05, 4.69) is 15.8 Å². The fourth-order valence-electron chi connectivity index (χ4n) is 4.83. The van der Waals surface area contributed by atoms with Crippen molar-refractivity contribution in [2.75, 3.05) is 25.1 Å². The van der Waals surface area contributed by atoms with Crippen LogP contribution in [0.5, 0.6) is 11.5 Å². The van der Waals surface area contributed by atoms with Crippen molar-refractivity contribution < 1.29 is 23.6 Å². The fraction of sp³-hybridized carbons (Fsp3) is 0.276. The van der Waals surface area contributed by atoms with Gasteiger partial charge in [0.2, 0.25) is 0 Å². The standard InChI is InChI=1S/C29H27N3O5S/c33-27(21-17-23(37-32-21)19-10-11-22-24(16-19)36-15-14-35-22)31-29-26(20-8-4-5-9-25(20)38-29)28(34)30-13-12-18-6-2-1-3-7-18/h1-3,6-7,10-11,16-17H,4-5,8-9,12-15H2,(H,30,34)(H,31,33). The molecule has 0 saturated heterocycles. The summed E-state index contributed by atoms with van der Waals surface area (Å²) >= 11 is 1.48. The molecule has 0 radical (unpaired) electrons. The van der Waals surface area contributed by atoms with Gasteiger partial charge in [-0.25, -0.2) is 0 Å². The number of hydrogen-bond donors (Lipinski definition) is 2. The van der Waals surface area contributed by atoms with Gasteiger partial charge in [-0.15, -0.1) is 11.3 Å². The number of nitrogens with zero attached hydrogens (tertiary/aromatic N) is 1. The van der Waals surface area contributed by atoms with Gasteiger partial charge >= 0.3 is 0 Å². The van der Waals surface area contributed by atoms with E-state index >= 15 is 0 Å². The molecule has 9 heteroatoms. The third kappa shape index (κ3) is 5.02. The highest BCUT2D eigenvalue weighted by atomic mass is 32.1. The van der Waals surface area contributed by atoms with Crippen molar-refractivity contribution in [3.05, 3.63) is 81.9 Å². The number of thiophene rings is 1. The van der Waals surface area contributed by atoms with Gasteiger partial charge in [0, 0.05) is 23.1 Å². The molecule has 0 bridgehead atoms. The summed E-state index contributed by atoms with van der Waals surface area (Å²) in [7, 11) is 0. The van der Waals surface area contributed by atoms with E-state index in [1.165, 1.54) is 11.3 Å². The van der Waals surface area contributed by atoms with Crippen LogP contribution >= 0.6 is 11.3 Å². The predicted molar refractivity (Wildman–Crippen MR) is 144 cm³/mol. The van der Waals surface area contributed by atoms with Crippen molar-refractivity contribution in [2.24, 2.45) is 0 Å². The molecule has 0 atom stereocenters. The Bertz CT molecular complexity index is 1480. The maximum atomic E-state index is 13.3. The van der Waals surface area contributed by atoms with Crippen LogP contribution in [0.2, 0.25) is 0 Å². The highest BCUT2D eigenvalue weighted by molar-refractivity contribution is 7.17. The van der Waals surface area contributed by atoms with Crippen molar-refractivity contribution in [1.29, 1.82) is 0 Å². The predicted octanol–water partition coefficient (Wildman–Crippen LogP) is 5.28. The Morgan fingerprint density at radius 1 is 0.921 bits per heavy atom. The van der Waals surface area contributed by atoms with E-state index in [0.717, 1.165) is 53.7 Å². The van der Waals surface area contributed by atoms with Crippen LogP contribution in [0.25, 0.3) is 11.3 Å². The van der Waals surface area contributed by atoms with E-state index in [0.29, 0.717) is 47.6 Å². The zero-order valence-corrected chi connectivity index (χ0v) is 21.6. The first-order valence-electron chi connectivity index (χ1n) is 12.8. The summed E-state index contributed by atoms with van der Waals surface area (Å²) in [6.07, 6.45) is 4.60. The second-order valence-electron chi connectivity index (χ2n) is 9.30. The molecule has 4 aromatic rings. The van der Waals surface area contributed by atoms with E-state index in [1.54, 1.807) is 6.07 Å². The molecule has 3 heterocycles. The minimum absolute atomic E-state index is 0.136. The Kier molecular flexibility index (Phi) is 6.83. The fourth-order valence-corrected chi connectivity index (χ4v) is 6.11. The minimum atomic E-state index is -0.422. The van der Waals surface area contributed by atoms with E-state index in [9.17, 15) is 9.59 Å². The highest BCUT2D eigenvalue weighted by Crippen LogP contribution is 2.39. The molecule has 2 aromatic heterocycles. The Balaban J connectivity index is 1.19. The molecule has 194 valence electrons. The molecule has 2 aromatic carbocycles. The number of aromatic nitrogens is 1. The second kappa shape index (κ2) is 10.7. The van der Waals surface area contributed by atoms with Crippen molar-refractivity contribution in [2.45, 2.75) is 32.1 Å². The summed E-state index contributed by atoms with van der Waals surface area (Å²) in [6, 6.07) is 17.1. The van der Waals surface area contributed by atoms with Crippen LogP contribution in [0.1, 0.15) is 49.7 Å². The summed E-state index contributed by atoms with van der Waals surface area (Å²) in [5.41, 5.74) is 3.64. The first kappa shape index (κ1) is 24.2. The van der Waals surface area contributed by atoms with Gasteiger partial charge in [-0.1, -0.05) is 35.5 Å². The average Bonchev–Trinajstić information content (AvgIpc) is 3.59. The van der Waals surface area contributed by atoms with Crippen LogP contribution in [-0.2, 0) is 19.3 Å². The first-order valence-corrected chi connectivity index (χ1v) is 13.6. The highest BCUT2D eigenvalue weighted by Gasteiger charge is 2.27. The van der Waals surface area contributed by atoms with Crippen molar-refractivity contribution >= 4 is 28.2 Å². The Morgan fingerprint density at radius 3 is 2.61 bits per heavy atom. The molecule has 0 saturated carbocycles. The van der Waals surface area contributed by atoms with Gasteiger partial charge in [0.05, 0.1) is 5.56 Å². The van der Waals surface area contributed by atoms with Crippen LogP contribution in [0, 0.1) is 0 Å². The summed E-state index contributed by atoms with van der Waals surface area (Å²) < 4.78 is 16.7. The summed E-state index contributed by atoms with van der Waals surface area (Å²) in [6.45, 7) is 1.51. The number of amides is 2. The normalized spacial score (nSPS) is 14.0. The molecule has 6 rings (SSSR count). The zero-order chi connectivity index (χ0) is 25.9. The quantitative estimate of drug-likeness (QED) is 0.338. The molecule has 1 aliphatic heterocycles. The summed E-state index contributed by atoms with van der Waals surface area (Å²) in [5.74, 6) is 1.16. The van der Waals surface area contributed by atoms with Crippen LogP contribution in [-0.4, -0.2) is 36.7 Å². The van der Waals surface area contributed by atoms with E-state index < -0.39 is 5.91 Å². The van der Waals surface area contributed by atoms with Gasteiger partial charge < -0.3 is 24.6 Å². The summed E-state index contributed by atoms with van der Waals surface area (Å²) in [5, 5.41) is 10.5. The third-order valence-electron chi connectivity index (χ3n) is 6.74. The lowest BCUT2D eigenvalue weighted by molar-refractivity contribution is 0.0954. The van der Waals surface area contributed by atoms with Crippen LogP contribution < -0.4 is 20.1 Å². The van der Waals surface area contributed by atoms with Crippen molar-refractivity contribution in [1.82, 2.24) is 10.5 Å². The monoisotopic (exact) mass is 529 g/mol. The lowest BCUT2D eigenvalue weighted by atomic mass is 9.95. The Labute approximate surface area is 223 Å². The largest absolute Gasteiger partial charge is 0.486 e. The first-order chi connectivity index (χ1) is 18.7. The molecule has 38 heavy (non-hydrogen) atoms. The smallest absolute Gasteiger partial charge is 0.278 e. The maximum Gasteiger partial charge on any atom is 0.278 e. The topological polar surface area (TPSA) is 103 Å². The lowest BCUT2D eigenvalue weighted by Crippen LogP contribution is -2.27. The number of aryl methyl sites for hydroxylation is 1. The molecular weight excluding hydrogens is 502 g/mol. The van der Waals surface area contributed by atoms with Gasteiger partial charge in [-0.05, 0) is 61.4 Å². The van der Waals surface area contributed by atoms with Crippen molar-refractivity contribution in [3.63, 3.8) is 0 Å². The van der Waals surface area contributed by atoms with Crippen molar-refractivity contribution in [3.8, 4) is 22.8 Å². The van der Waals surface area contributed by atoms with Gasteiger partial charge in [-0.3, -0.25) is 9.59 Å². The molecule has 0 unspecified atom stereocenters. The Morgan fingerprint density at radius 2 is 1.74 bits per heavy atom. The summed E-state index contributed by atoms with van der Waals surface area (Å²) in [4.78, 5) is 27.6. The van der Waals surface area contributed by atoms with Crippen LogP contribution in [0.3, 0.4) is 0 Å². The van der Waals surface area contributed by atoms with Gasteiger partial charge in [0.15, 0.2) is 23.0 Å². The van der Waals surface area contributed by atoms with E-state index in [1.807, 2.05) is 48.5 Å². The van der Waals surface area contributed by atoms with Crippen LogP contribution in [0.4, 0.5) is 5.00 Å². The van der Waals surface area contributed by atoms with E-state index in [4.69, 9.17) is 14.0 Å². The molecule has 1 aliphatic carbocycles. The number of nitrogens with one attached hydrogen (secondary N) is 2. The number of fused-ring (bicyclic) bond motifs is 2. The van der Waals surface area contributed by atoms with Crippen LogP contribution in [0.15, 0.2) is 59.1 Å². The number of carbonyl (C=O) groups is 2. The number of rotatable bonds is 7. The Hall–Kier alpha value is -4.11. The minimum Gasteiger partial charge on any atom is -0.486 e. The second-order valence-corrected chi connectivity index (χ2v) is 10.4.